The Balaban J connectivity index is 2.43. The summed E-state index contributed by atoms with van der Waals surface area (Å²) >= 11 is 0. The summed E-state index contributed by atoms with van der Waals surface area (Å²) in [5, 5.41) is 3.35. The van der Waals surface area contributed by atoms with Gasteiger partial charge in [-0.2, -0.15) is 0 Å². The maximum atomic E-state index is 11.2. The van der Waals surface area contributed by atoms with E-state index in [1.807, 2.05) is 0 Å². The van der Waals surface area contributed by atoms with Gasteiger partial charge in [-0.25, -0.2) is 8.42 Å². The standard InChI is InChI=1S/C10H21NO2S/c1-3-7-11-10(8-14(2,12)13)9-5-4-6-9/h9-11H,3-8H2,1-2H3. The molecule has 0 bridgehead atoms. The molecule has 0 radical (unpaired) electrons. The lowest BCUT2D eigenvalue weighted by Gasteiger charge is -2.34. The van der Waals surface area contributed by atoms with Gasteiger partial charge in [0, 0.05) is 12.3 Å². The molecule has 1 aliphatic rings. The van der Waals surface area contributed by atoms with Crippen molar-refractivity contribution in [3.05, 3.63) is 0 Å². The van der Waals surface area contributed by atoms with Crippen molar-refractivity contribution in [2.45, 2.75) is 38.6 Å². The number of hydrogen-bond donors (Lipinski definition) is 1. The summed E-state index contributed by atoms with van der Waals surface area (Å²) in [6, 6.07) is 0.193. The molecule has 3 nitrogen and oxygen atoms in total. The molecule has 0 aliphatic heterocycles. The fraction of sp³-hybridized carbons (Fsp3) is 1.00. The summed E-state index contributed by atoms with van der Waals surface area (Å²) in [5.41, 5.74) is 0. The summed E-state index contributed by atoms with van der Waals surface area (Å²) in [6.45, 7) is 3.03. The van der Waals surface area contributed by atoms with E-state index in [9.17, 15) is 8.42 Å². The van der Waals surface area contributed by atoms with Crippen molar-refractivity contribution < 1.29 is 8.42 Å². The lowest BCUT2D eigenvalue weighted by molar-refractivity contribution is 0.243. The molecular formula is C10H21NO2S. The molecule has 0 aromatic rings. The summed E-state index contributed by atoms with van der Waals surface area (Å²) in [6.07, 6.45) is 6.03. The van der Waals surface area contributed by atoms with Crippen molar-refractivity contribution in [3.8, 4) is 0 Å². The lowest BCUT2D eigenvalue weighted by atomic mass is 9.80. The topological polar surface area (TPSA) is 46.2 Å². The van der Waals surface area contributed by atoms with Crippen molar-refractivity contribution in [2.24, 2.45) is 5.92 Å². The van der Waals surface area contributed by atoms with E-state index in [0.717, 1.165) is 13.0 Å². The van der Waals surface area contributed by atoms with Crippen molar-refractivity contribution in [1.29, 1.82) is 0 Å². The molecule has 1 rings (SSSR count). The third kappa shape index (κ3) is 3.96. The van der Waals surface area contributed by atoms with Crippen LogP contribution < -0.4 is 5.32 Å². The molecular weight excluding hydrogens is 198 g/mol. The predicted octanol–water partition coefficient (Wildman–Crippen LogP) is 1.20. The van der Waals surface area contributed by atoms with Crippen LogP contribution in [0.15, 0.2) is 0 Å². The zero-order chi connectivity index (χ0) is 10.6. The van der Waals surface area contributed by atoms with Crippen LogP contribution in [0, 0.1) is 5.92 Å². The first-order valence-corrected chi connectivity index (χ1v) is 7.50. The molecule has 84 valence electrons. The van der Waals surface area contributed by atoms with Crippen molar-refractivity contribution in [2.75, 3.05) is 18.6 Å². The van der Waals surface area contributed by atoms with Gasteiger partial charge in [0.1, 0.15) is 9.84 Å². The predicted molar refractivity (Wildman–Crippen MR) is 59.1 cm³/mol. The third-order valence-corrected chi connectivity index (χ3v) is 3.82. The molecule has 1 saturated carbocycles. The van der Waals surface area contributed by atoms with Crippen molar-refractivity contribution in [1.82, 2.24) is 5.32 Å². The second kappa shape index (κ2) is 5.12. The van der Waals surface area contributed by atoms with Crippen LogP contribution in [0.3, 0.4) is 0 Å². The Hall–Kier alpha value is -0.0900. The number of hydrogen-bond acceptors (Lipinski definition) is 3. The van der Waals surface area contributed by atoms with E-state index in [2.05, 4.69) is 12.2 Å². The summed E-state index contributed by atoms with van der Waals surface area (Å²) in [5.74, 6) is 0.897. The molecule has 1 fully saturated rings. The van der Waals surface area contributed by atoms with Crippen molar-refractivity contribution >= 4 is 9.84 Å². The quantitative estimate of drug-likeness (QED) is 0.730. The van der Waals surface area contributed by atoms with Gasteiger partial charge < -0.3 is 5.32 Å². The van der Waals surface area contributed by atoms with Gasteiger partial charge >= 0.3 is 0 Å². The van der Waals surface area contributed by atoms with Gasteiger partial charge in [0.05, 0.1) is 5.75 Å². The highest BCUT2D eigenvalue weighted by Crippen LogP contribution is 2.30. The second-order valence-electron chi connectivity index (χ2n) is 4.34. The van der Waals surface area contributed by atoms with Crippen LogP contribution >= 0.6 is 0 Å². The minimum Gasteiger partial charge on any atom is -0.313 e. The average molecular weight is 219 g/mol. The van der Waals surface area contributed by atoms with Crippen molar-refractivity contribution in [3.63, 3.8) is 0 Å². The second-order valence-corrected chi connectivity index (χ2v) is 6.53. The summed E-state index contributed by atoms with van der Waals surface area (Å²) in [7, 11) is -2.84. The molecule has 0 amide bonds. The molecule has 0 saturated heterocycles. The Morgan fingerprint density at radius 2 is 2.07 bits per heavy atom. The molecule has 0 aromatic heterocycles. The Morgan fingerprint density at radius 3 is 2.43 bits per heavy atom. The Morgan fingerprint density at radius 1 is 1.43 bits per heavy atom. The molecule has 0 aromatic carbocycles. The highest BCUT2D eigenvalue weighted by molar-refractivity contribution is 7.90. The highest BCUT2D eigenvalue weighted by atomic mass is 32.2. The molecule has 1 unspecified atom stereocenters. The fourth-order valence-corrected chi connectivity index (χ4v) is 2.90. The SMILES string of the molecule is CCCNC(CS(C)(=O)=O)C1CCC1. The minimum atomic E-state index is -2.84. The van der Waals surface area contributed by atoms with Crippen LogP contribution in [0.4, 0.5) is 0 Å². The van der Waals surface area contributed by atoms with E-state index in [1.54, 1.807) is 0 Å². The Bertz CT molecular complexity index is 257. The average Bonchev–Trinajstić information content (AvgIpc) is 1.93. The molecule has 1 aliphatic carbocycles. The van der Waals surface area contributed by atoms with Gasteiger partial charge in [-0.15, -0.1) is 0 Å². The molecule has 0 heterocycles. The largest absolute Gasteiger partial charge is 0.313 e. The van der Waals surface area contributed by atoms with Crippen LogP contribution in [0.2, 0.25) is 0 Å². The fourth-order valence-electron chi connectivity index (χ4n) is 1.86. The first kappa shape index (κ1) is 12.0. The molecule has 4 heteroatoms. The molecule has 14 heavy (non-hydrogen) atoms. The minimum absolute atomic E-state index is 0.193. The van der Waals surface area contributed by atoms with E-state index in [-0.39, 0.29) is 6.04 Å². The number of rotatable bonds is 6. The highest BCUT2D eigenvalue weighted by Gasteiger charge is 2.28. The Labute approximate surface area is 87.2 Å². The third-order valence-electron chi connectivity index (χ3n) is 2.86. The van der Waals surface area contributed by atoms with E-state index in [1.165, 1.54) is 25.5 Å². The molecule has 0 spiro atoms. The zero-order valence-corrected chi connectivity index (χ0v) is 9.94. The molecule has 1 N–H and O–H groups in total. The smallest absolute Gasteiger partial charge is 0.148 e. The van der Waals surface area contributed by atoms with Gasteiger partial charge in [0.2, 0.25) is 0 Å². The number of nitrogens with one attached hydrogen (secondary N) is 1. The first-order valence-electron chi connectivity index (χ1n) is 5.44. The van der Waals surface area contributed by atoms with Gasteiger partial charge in [0.25, 0.3) is 0 Å². The summed E-state index contributed by atoms with van der Waals surface area (Å²) < 4.78 is 22.4. The van der Waals surface area contributed by atoms with Crippen LogP contribution in [0.1, 0.15) is 32.6 Å². The summed E-state index contributed by atoms with van der Waals surface area (Å²) in [4.78, 5) is 0. The van der Waals surface area contributed by atoms with Gasteiger partial charge in [-0.3, -0.25) is 0 Å². The van der Waals surface area contributed by atoms with Crippen LogP contribution in [0.5, 0.6) is 0 Å². The number of sulfone groups is 1. The van der Waals surface area contributed by atoms with E-state index < -0.39 is 9.84 Å². The monoisotopic (exact) mass is 219 g/mol. The van der Waals surface area contributed by atoms with Crippen LogP contribution in [0.25, 0.3) is 0 Å². The van der Waals surface area contributed by atoms with E-state index in [0.29, 0.717) is 11.7 Å². The van der Waals surface area contributed by atoms with Gasteiger partial charge in [-0.05, 0) is 31.7 Å². The van der Waals surface area contributed by atoms with E-state index >= 15 is 0 Å². The van der Waals surface area contributed by atoms with E-state index in [4.69, 9.17) is 0 Å². The van der Waals surface area contributed by atoms with Crippen LogP contribution in [-0.2, 0) is 9.84 Å². The van der Waals surface area contributed by atoms with Crippen LogP contribution in [-0.4, -0.2) is 33.0 Å². The van der Waals surface area contributed by atoms with Gasteiger partial charge in [0.15, 0.2) is 0 Å². The maximum absolute atomic E-state index is 11.2. The maximum Gasteiger partial charge on any atom is 0.148 e. The lowest BCUT2D eigenvalue weighted by Crippen LogP contribution is -2.44. The van der Waals surface area contributed by atoms with Gasteiger partial charge in [-0.1, -0.05) is 13.3 Å². The normalized spacial score (nSPS) is 20.4. The Kier molecular flexibility index (Phi) is 4.38. The zero-order valence-electron chi connectivity index (χ0n) is 9.12. The first-order chi connectivity index (χ1) is 6.53. The molecule has 1 atom stereocenters.